The number of aliphatic hydroxyl groups excluding tert-OH is 2. The highest BCUT2D eigenvalue weighted by molar-refractivity contribution is 6.32. The van der Waals surface area contributed by atoms with E-state index in [1.807, 2.05) is 0 Å². The quantitative estimate of drug-likeness (QED) is 0.696. The van der Waals surface area contributed by atoms with E-state index in [-0.39, 0.29) is 13.2 Å². The summed E-state index contributed by atoms with van der Waals surface area (Å²) in [4.78, 5) is 0. The lowest BCUT2D eigenvalue weighted by atomic mass is 10.2. The van der Waals surface area contributed by atoms with Gasteiger partial charge in [-0.3, -0.25) is 0 Å². The first-order chi connectivity index (χ1) is 8.12. The largest absolute Gasteiger partial charge is 0.493 e. The number of ether oxygens (including phenoxy) is 2. The Balaban J connectivity index is 2.89. The van der Waals surface area contributed by atoms with Crippen molar-refractivity contribution in [1.82, 2.24) is 0 Å². The van der Waals surface area contributed by atoms with E-state index in [1.165, 1.54) is 7.11 Å². The molecule has 0 spiro atoms. The zero-order chi connectivity index (χ0) is 12.8. The van der Waals surface area contributed by atoms with Gasteiger partial charge in [0, 0.05) is 6.54 Å². The van der Waals surface area contributed by atoms with Crippen LogP contribution in [0.15, 0.2) is 12.1 Å². The third kappa shape index (κ3) is 3.74. The van der Waals surface area contributed by atoms with Crippen LogP contribution in [0.1, 0.15) is 5.56 Å². The Labute approximate surface area is 105 Å². The maximum atomic E-state index is 9.20. The maximum Gasteiger partial charge on any atom is 0.179 e. The number of halogens is 1. The predicted molar refractivity (Wildman–Crippen MR) is 64.5 cm³/mol. The summed E-state index contributed by atoms with van der Waals surface area (Å²) in [6.07, 6.45) is -0.954. The van der Waals surface area contributed by atoms with E-state index >= 15 is 0 Å². The highest BCUT2D eigenvalue weighted by atomic mass is 35.5. The highest BCUT2D eigenvalue weighted by Gasteiger charge is 2.13. The number of aliphatic hydroxyl groups is 2. The van der Waals surface area contributed by atoms with Gasteiger partial charge in [-0.15, -0.1) is 0 Å². The molecule has 4 N–H and O–H groups in total. The number of benzene rings is 1. The van der Waals surface area contributed by atoms with Crippen LogP contribution in [0.5, 0.6) is 11.5 Å². The second-order valence-corrected chi connectivity index (χ2v) is 3.87. The SMILES string of the molecule is COc1cc(CN)cc(Cl)c1OCC(O)CO. The number of hydrogen-bond donors (Lipinski definition) is 3. The Kier molecular flexibility index (Phi) is 5.50. The fraction of sp³-hybridized carbons (Fsp3) is 0.455. The van der Waals surface area contributed by atoms with Gasteiger partial charge in [0.05, 0.1) is 18.7 Å². The molecule has 0 aliphatic rings. The summed E-state index contributed by atoms with van der Waals surface area (Å²) in [6.45, 7) is -0.0923. The third-order valence-corrected chi connectivity index (χ3v) is 2.44. The van der Waals surface area contributed by atoms with Crippen molar-refractivity contribution in [3.63, 3.8) is 0 Å². The Bertz CT molecular complexity index is 373. The van der Waals surface area contributed by atoms with Gasteiger partial charge in [0.25, 0.3) is 0 Å². The maximum absolute atomic E-state index is 9.20. The Morgan fingerprint density at radius 3 is 2.71 bits per heavy atom. The molecule has 0 aliphatic heterocycles. The molecule has 0 amide bonds. The Morgan fingerprint density at radius 1 is 1.47 bits per heavy atom. The molecule has 6 heteroatoms. The van der Waals surface area contributed by atoms with Crippen molar-refractivity contribution >= 4 is 11.6 Å². The van der Waals surface area contributed by atoms with Gasteiger partial charge in [0.15, 0.2) is 11.5 Å². The Hall–Kier alpha value is -1.01. The van der Waals surface area contributed by atoms with E-state index in [0.717, 1.165) is 5.56 Å². The molecule has 1 atom stereocenters. The van der Waals surface area contributed by atoms with Crippen LogP contribution in [-0.4, -0.2) is 36.6 Å². The third-order valence-electron chi connectivity index (χ3n) is 2.16. The molecule has 0 radical (unpaired) electrons. The van der Waals surface area contributed by atoms with Crippen LogP contribution in [-0.2, 0) is 6.54 Å². The fourth-order valence-corrected chi connectivity index (χ4v) is 1.55. The molecule has 0 aromatic heterocycles. The van der Waals surface area contributed by atoms with Crippen molar-refractivity contribution < 1.29 is 19.7 Å². The minimum absolute atomic E-state index is 0.0610. The van der Waals surface area contributed by atoms with Gasteiger partial charge >= 0.3 is 0 Å². The molecule has 5 nitrogen and oxygen atoms in total. The predicted octanol–water partition coefficient (Wildman–Crippen LogP) is 0.539. The molecule has 0 bridgehead atoms. The molecular weight excluding hydrogens is 246 g/mol. The Morgan fingerprint density at radius 2 is 2.18 bits per heavy atom. The summed E-state index contributed by atoms with van der Waals surface area (Å²) in [6, 6.07) is 3.39. The summed E-state index contributed by atoms with van der Waals surface area (Å²) in [5.41, 5.74) is 6.33. The first-order valence-electron chi connectivity index (χ1n) is 5.10. The van der Waals surface area contributed by atoms with Gasteiger partial charge < -0.3 is 25.4 Å². The van der Waals surface area contributed by atoms with Crippen molar-refractivity contribution in [2.24, 2.45) is 5.73 Å². The molecule has 0 heterocycles. The summed E-state index contributed by atoms with van der Waals surface area (Å²) in [5, 5.41) is 18.2. The lowest BCUT2D eigenvalue weighted by Gasteiger charge is -2.15. The molecule has 1 aromatic rings. The molecular formula is C11H16ClNO4. The van der Waals surface area contributed by atoms with Gasteiger partial charge in [-0.2, -0.15) is 0 Å². The normalized spacial score (nSPS) is 12.3. The fourth-order valence-electron chi connectivity index (χ4n) is 1.26. The number of hydrogen-bond acceptors (Lipinski definition) is 5. The minimum atomic E-state index is -0.954. The average molecular weight is 262 g/mol. The molecule has 1 rings (SSSR count). The molecule has 1 aromatic carbocycles. The van der Waals surface area contributed by atoms with Gasteiger partial charge in [-0.25, -0.2) is 0 Å². The van der Waals surface area contributed by atoms with Crippen molar-refractivity contribution in [1.29, 1.82) is 0 Å². The van der Waals surface area contributed by atoms with Crippen LogP contribution in [0.25, 0.3) is 0 Å². The van der Waals surface area contributed by atoms with E-state index in [2.05, 4.69) is 0 Å². The summed E-state index contributed by atoms with van der Waals surface area (Å²) in [5.74, 6) is 0.780. The molecule has 0 saturated heterocycles. The van der Waals surface area contributed by atoms with Crippen LogP contribution < -0.4 is 15.2 Å². The van der Waals surface area contributed by atoms with Crippen molar-refractivity contribution in [2.75, 3.05) is 20.3 Å². The smallest absolute Gasteiger partial charge is 0.179 e. The molecule has 96 valence electrons. The van der Waals surface area contributed by atoms with E-state index < -0.39 is 6.10 Å². The molecule has 0 saturated carbocycles. The van der Waals surface area contributed by atoms with Crippen LogP contribution >= 0.6 is 11.6 Å². The summed E-state index contributed by atoms with van der Waals surface area (Å²) < 4.78 is 10.4. The van der Waals surface area contributed by atoms with E-state index in [4.69, 9.17) is 31.9 Å². The monoisotopic (exact) mass is 261 g/mol. The number of nitrogens with two attached hydrogens (primary N) is 1. The zero-order valence-corrected chi connectivity index (χ0v) is 10.3. The van der Waals surface area contributed by atoms with E-state index in [0.29, 0.717) is 23.1 Å². The first kappa shape index (κ1) is 14.1. The van der Waals surface area contributed by atoms with Crippen LogP contribution in [0.3, 0.4) is 0 Å². The lowest BCUT2D eigenvalue weighted by Crippen LogP contribution is -2.21. The average Bonchev–Trinajstić information content (AvgIpc) is 2.35. The second kappa shape index (κ2) is 6.66. The van der Waals surface area contributed by atoms with E-state index in [9.17, 15) is 5.11 Å². The van der Waals surface area contributed by atoms with Gasteiger partial charge in [0.1, 0.15) is 12.7 Å². The van der Waals surface area contributed by atoms with E-state index in [1.54, 1.807) is 12.1 Å². The summed E-state index contributed by atoms with van der Waals surface area (Å²) >= 11 is 6.01. The van der Waals surface area contributed by atoms with Gasteiger partial charge in [-0.05, 0) is 17.7 Å². The van der Waals surface area contributed by atoms with Crippen molar-refractivity contribution in [2.45, 2.75) is 12.6 Å². The van der Waals surface area contributed by atoms with Crippen molar-refractivity contribution in [3.8, 4) is 11.5 Å². The zero-order valence-electron chi connectivity index (χ0n) is 9.52. The van der Waals surface area contributed by atoms with Gasteiger partial charge in [0.2, 0.25) is 0 Å². The molecule has 0 fully saturated rings. The second-order valence-electron chi connectivity index (χ2n) is 3.46. The first-order valence-corrected chi connectivity index (χ1v) is 5.48. The number of rotatable bonds is 6. The molecule has 1 unspecified atom stereocenters. The van der Waals surface area contributed by atoms with Crippen LogP contribution in [0.2, 0.25) is 5.02 Å². The number of methoxy groups -OCH3 is 1. The van der Waals surface area contributed by atoms with Crippen molar-refractivity contribution in [3.05, 3.63) is 22.7 Å². The highest BCUT2D eigenvalue weighted by Crippen LogP contribution is 2.36. The molecule has 0 aliphatic carbocycles. The van der Waals surface area contributed by atoms with Crippen LogP contribution in [0.4, 0.5) is 0 Å². The van der Waals surface area contributed by atoms with Crippen LogP contribution in [0, 0.1) is 0 Å². The topological polar surface area (TPSA) is 84.9 Å². The van der Waals surface area contributed by atoms with Gasteiger partial charge in [-0.1, -0.05) is 11.6 Å². The summed E-state index contributed by atoms with van der Waals surface area (Å²) in [7, 11) is 1.49. The standard InChI is InChI=1S/C11H16ClNO4/c1-16-10-3-7(4-13)2-9(12)11(10)17-6-8(15)5-14/h2-3,8,14-15H,4-6,13H2,1H3. The minimum Gasteiger partial charge on any atom is -0.493 e. The lowest BCUT2D eigenvalue weighted by molar-refractivity contribution is 0.0527. The molecule has 17 heavy (non-hydrogen) atoms.